The number of carbonyl (C=O) groups excluding carboxylic acids is 1. The predicted octanol–water partition coefficient (Wildman–Crippen LogP) is 5.23. The molecule has 40 heavy (non-hydrogen) atoms. The minimum Gasteiger partial charge on any atom is -0.481 e. The molecular formula is C30H33N5O4S. The van der Waals surface area contributed by atoms with Gasteiger partial charge in [-0.05, 0) is 36.8 Å². The molecule has 1 aromatic carbocycles. The minimum atomic E-state index is -0.928. The lowest BCUT2D eigenvalue weighted by molar-refractivity contribution is -0.141. The lowest BCUT2D eigenvalue weighted by Gasteiger charge is -2.26. The quantitative estimate of drug-likeness (QED) is 0.301. The van der Waals surface area contributed by atoms with Gasteiger partial charge < -0.3 is 5.11 Å². The molecule has 4 aromatic rings. The molecule has 0 radical (unpaired) electrons. The second-order valence-corrected chi connectivity index (χ2v) is 12.0. The van der Waals surface area contributed by atoms with Gasteiger partial charge in [0.25, 0.3) is 0 Å². The van der Waals surface area contributed by atoms with Crippen LogP contribution in [0.5, 0.6) is 0 Å². The number of carboxylic acid groups (broad SMARTS) is 1. The van der Waals surface area contributed by atoms with Crippen molar-refractivity contribution in [2.75, 3.05) is 4.90 Å². The van der Waals surface area contributed by atoms with Crippen LogP contribution >= 0.6 is 11.3 Å². The Morgan fingerprint density at radius 3 is 2.52 bits per heavy atom. The molecule has 208 valence electrons. The van der Waals surface area contributed by atoms with Crippen molar-refractivity contribution in [2.45, 2.75) is 57.4 Å². The third-order valence-electron chi connectivity index (χ3n) is 8.32. The van der Waals surface area contributed by atoms with Crippen LogP contribution in [0.2, 0.25) is 0 Å². The van der Waals surface area contributed by atoms with Crippen LogP contribution < -0.4 is 10.6 Å². The van der Waals surface area contributed by atoms with Crippen LogP contribution in [0, 0.1) is 11.8 Å². The number of aliphatic carboxylic acids is 1. The summed E-state index contributed by atoms with van der Waals surface area (Å²) in [6, 6.07) is 9.96. The molecule has 9 nitrogen and oxygen atoms in total. The average molecular weight is 560 g/mol. The molecule has 1 atom stereocenters. The molecule has 6 rings (SSSR count). The SMILES string of the molecule is Cn1c(=O)n(C)c2ncc(-c3ccccc3-c3csc(N(C(=O)C(CC(=O)O)CC4CCCC4)C4CC4)n3)cc21. The molecule has 1 unspecified atom stereocenters. The first kappa shape index (κ1) is 26.4. The minimum absolute atomic E-state index is 0.0765. The Kier molecular flexibility index (Phi) is 7.04. The van der Waals surface area contributed by atoms with Gasteiger partial charge in [0, 0.05) is 48.8 Å². The van der Waals surface area contributed by atoms with Gasteiger partial charge in [-0.25, -0.2) is 14.8 Å². The molecule has 0 bridgehead atoms. The van der Waals surface area contributed by atoms with Crippen molar-refractivity contribution in [3.63, 3.8) is 0 Å². The van der Waals surface area contributed by atoms with Crippen molar-refractivity contribution in [2.24, 2.45) is 25.9 Å². The highest BCUT2D eigenvalue weighted by molar-refractivity contribution is 7.14. The predicted molar refractivity (Wildman–Crippen MR) is 155 cm³/mol. The number of imidazole rings is 1. The summed E-state index contributed by atoms with van der Waals surface area (Å²) in [7, 11) is 3.45. The Hall–Kier alpha value is -3.79. The fraction of sp³-hybridized carbons (Fsp3) is 0.433. The largest absolute Gasteiger partial charge is 0.481 e. The summed E-state index contributed by atoms with van der Waals surface area (Å²) in [6.07, 6.45) is 8.53. The Bertz CT molecular complexity index is 1640. The fourth-order valence-electron chi connectivity index (χ4n) is 6.06. The van der Waals surface area contributed by atoms with Crippen molar-refractivity contribution in [1.82, 2.24) is 19.1 Å². The summed E-state index contributed by atoms with van der Waals surface area (Å²) >= 11 is 1.42. The smallest absolute Gasteiger partial charge is 0.329 e. The van der Waals surface area contributed by atoms with Crippen molar-refractivity contribution in [3.8, 4) is 22.4 Å². The topological polar surface area (TPSA) is 110 Å². The molecule has 3 aromatic heterocycles. The number of anilines is 1. The van der Waals surface area contributed by atoms with Crippen LogP contribution in [-0.2, 0) is 23.7 Å². The van der Waals surface area contributed by atoms with E-state index in [0.717, 1.165) is 66.4 Å². The standard InChI is InChI=1S/C30H33N5O4S/c1-33-25-14-20(16-31-27(25)34(2)30(33)39)22-9-5-6-10-23(22)24-17-40-29(32-24)35(21-11-12-21)28(38)19(15-26(36)37)13-18-7-3-4-8-18/h5-6,9-10,14,16-19,21H,3-4,7-8,11-13,15H2,1-2H3,(H,36,37). The van der Waals surface area contributed by atoms with Gasteiger partial charge in [-0.3, -0.25) is 23.6 Å². The van der Waals surface area contributed by atoms with E-state index >= 15 is 0 Å². The highest BCUT2D eigenvalue weighted by atomic mass is 32.1. The number of thiazole rings is 1. The number of amides is 1. The number of aryl methyl sites for hydroxylation is 2. The molecule has 1 N–H and O–H groups in total. The third kappa shape index (κ3) is 4.96. The summed E-state index contributed by atoms with van der Waals surface area (Å²) in [5, 5.41) is 12.2. The van der Waals surface area contributed by atoms with Crippen molar-refractivity contribution in [1.29, 1.82) is 0 Å². The van der Waals surface area contributed by atoms with E-state index < -0.39 is 11.9 Å². The highest BCUT2D eigenvalue weighted by Gasteiger charge is 2.40. The number of pyridine rings is 1. The van der Waals surface area contributed by atoms with E-state index in [0.29, 0.717) is 23.1 Å². The normalized spacial score (nSPS) is 16.4. The summed E-state index contributed by atoms with van der Waals surface area (Å²) in [5.41, 5.74) is 4.69. The van der Waals surface area contributed by atoms with E-state index in [2.05, 4.69) is 4.98 Å². The molecular weight excluding hydrogens is 526 g/mol. The molecule has 2 fully saturated rings. The van der Waals surface area contributed by atoms with Gasteiger partial charge in [0.15, 0.2) is 10.8 Å². The number of benzene rings is 1. The second-order valence-electron chi connectivity index (χ2n) is 11.1. The Labute approximate surface area is 236 Å². The molecule has 2 aliphatic rings. The third-order valence-corrected chi connectivity index (χ3v) is 9.16. The van der Waals surface area contributed by atoms with Gasteiger partial charge in [-0.1, -0.05) is 49.9 Å². The van der Waals surface area contributed by atoms with Gasteiger partial charge in [0.05, 0.1) is 17.6 Å². The lowest BCUT2D eigenvalue weighted by atomic mass is 9.90. The molecule has 10 heteroatoms. The van der Waals surface area contributed by atoms with Gasteiger partial charge in [-0.2, -0.15) is 0 Å². The number of fused-ring (bicyclic) bond motifs is 1. The number of hydrogen-bond acceptors (Lipinski definition) is 6. The summed E-state index contributed by atoms with van der Waals surface area (Å²) < 4.78 is 3.12. The molecule has 2 saturated carbocycles. The van der Waals surface area contributed by atoms with Crippen molar-refractivity contribution in [3.05, 3.63) is 52.4 Å². The maximum atomic E-state index is 13.9. The first-order chi connectivity index (χ1) is 19.3. The van der Waals surface area contributed by atoms with Crippen LogP contribution in [0.3, 0.4) is 0 Å². The molecule has 1 amide bonds. The van der Waals surface area contributed by atoms with Crippen LogP contribution in [-0.4, -0.2) is 42.1 Å². The van der Waals surface area contributed by atoms with Gasteiger partial charge >= 0.3 is 11.7 Å². The monoisotopic (exact) mass is 559 g/mol. The van der Waals surface area contributed by atoms with Crippen LogP contribution in [0.15, 0.2) is 46.7 Å². The zero-order valence-corrected chi connectivity index (χ0v) is 23.6. The van der Waals surface area contributed by atoms with Gasteiger partial charge in [0.1, 0.15) is 0 Å². The van der Waals surface area contributed by atoms with E-state index in [1.54, 1.807) is 29.8 Å². The number of hydrogen-bond donors (Lipinski definition) is 1. The van der Waals surface area contributed by atoms with Gasteiger partial charge in [-0.15, -0.1) is 11.3 Å². The first-order valence-electron chi connectivity index (χ1n) is 13.9. The van der Waals surface area contributed by atoms with E-state index in [9.17, 15) is 19.5 Å². The second kappa shape index (κ2) is 10.6. The Morgan fingerprint density at radius 2 is 1.82 bits per heavy atom. The van der Waals surface area contributed by atoms with Crippen molar-refractivity contribution < 1.29 is 14.7 Å². The van der Waals surface area contributed by atoms with Crippen LogP contribution in [0.25, 0.3) is 33.5 Å². The molecule has 0 spiro atoms. The average Bonchev–Trinajstić information content (AvgIpc) is 3.34. The maximum Gasteiger partial charge on any atom is 0.329 e. The number of aromatic nitrogens is 4. The number of rotatable bonds is 9. The summed E-state index contributed by atoms with van der Waals surface area (Å²) in [5.74, 6) is -1.15. The highest BCUT2D eigenvalue weighted by Crippen LogP contribution is 2.40. The summed E-state index contributed by atoms with van der Waals surface area (Å²) in [6.45, 7) is 0. The van der Waals surface area contributed by atoms with Crippen LogP contribution in [0.4, 0.5) is 5.13 Å². The molecule has 0 saturated heterocycles. The Balaban J connectivity index is 1.33. The van der Waals surface area contributed by atoms with E-state index in [1.807, 2.05) is 35.7 Å². The summed E-state index contributed by atoms with van der Waals surface area (Å²) in [4.78, 5) is 49.3. The zero-order chi connectivity index (χ0) is 28.0. The molecule has 3 heterocycles. The van der Waals surface area contributed by atoms with E-state index in [1.165, 1.54) is 15.9 Å². The fourth-order valence-corrected chi connectivity index (χ4v) is 6.96. The van der Waals surface area contributed by atoms with E-state index in [-0.39, 0.29) is 24.1 Å². The van der Waals surface area contributed by atoms with E-state index in [4.69, 9.17) is 4.98 Å². The maximum absolute atomic E-state index is 13.9. The van der Waals surface area contributed by atoms with Crippen LogP contribution in [0.1, 0.15) is 51.4 Å². The Morgan fingerprint density at radius 1 is 1.10 bits per heavy atom. The van der Waals surface area contributed by atoms with Gasteiger partial charge in [0.2, 0.25) is 5.91 Å². The number of carbonyl (C=O) groups is 2. The van der Waals surface area contributed by atoms with Crippen molar-refractivity contribution >= 4 is 39.5 Å². The first-order valence-corrected chi connectivity index (χ1v) is 14.8. The molecule has 2 aliphatic carbocycles. The lowest BCUT2D eigenvalue weighted by Crippen LogP contribution is -2.39. The number of carboxylic acids is 1. The zero-order valence-electron chi connectivity index (χ0n) is 22.7. The molecule has 0 aliphatic heterocycles. The number of nitrogens with zero attached hydrogens (tertiary/aromatic N) is 5.